The van der Waals surface area contributed by atoms with Crippen LogP contribution in [-0.4, -0.2) is 28.0 Å². The van der Waals surface area contributed by atoms with Gasteiger partial charge in [0, 0.05) is 38.4 Å². The normalized spacial score (nSPS) is 12.1. The van der Waals surface area contributed by atoms with Gasteiger partial charge in [-0.3, -0.25) is 14.4 Å². The quantitative estimate of drug-likeness (QED) is 0.104. The zero-order valence-electron chi connectivity index (χ0n) is 22.2. The fraction of sp³-hybridized carbons (Fsp3) is 0.0938. The number of carbonyl (C=O) groups excluding carboxylic acids is 3. The van der Waals surface area contributed by atoms with Crippen molar-refractivity contribution >= 4 is 69.2 Å². The molecule has 9 heteroatoms. The van der Waals surface area contributed by atoms with Crippen LogP contribution in [0.2, 0.25) is 0 Å². The van der Waals surface area contributed by atoms with Gasteiger partial charge in [0.25, 0.3) is 11.8 Å². The molecule has 41 heavy (non-hydrogen) atoms. The van der Waals surface area contributed by atoms with Crippen LogP contribution in [0, 0.1) is 0 Å². The van der Waals surface area contributed by atoms with Gasteiger partial charge in [0.2, 0.25) is 5.91 Å². The van der Waals surface area contributed by atoms with Gasteiger partial charge in [0.1, 0.15) is 5.70 Å². The summed E-state index contributed by atoms with van der Waals surface area (Å²) < 4.78 is 0. The second kappa shape index (κ2) is 13.2. The second-order valence-corrected chi connectivity index (χ2v) is 11.4. The van der Waals surface area contributed by atoms with E-state index >= 15 is 0 Å². The molecule has 0 spiro atoms. The van der Waals surface area contributed by atoms with Crippen molar-refractivity contribution in [3.8, 4) is 0 Å². The molecule has 3 aromatic carbocycles. The van der Waals surface area contributed by atoms with Gasteiger partial charge in [0.15, 0.2) is 0 Å². The van der Waals surface area contributed by atoms with E-state index in [1.807, 2.05) is 79.2 Å². The zero-order valence-corrected chi connectivity index (χ0v) is 23.9. The van der Waals surface area contributed by atoms with E-state index in [9.17, 15) is 14.4 Å². The molecule has 0 saturated heterocycles. The van der Waals surface area contributed by atoms with Crippen molar-refractivity contribution in [1.82, 2.24) is 10.3 Å². The van der Waals surface area contributed by atoms with Crippen LogP contribution in [0.3, 0.4) is 0 Å². The lowest BCUT2D eigenvalue weighted by atomic mass is 10.2. The number of nitrogens with one attached hydrogen (secondary N) is 4. The van der Waals surface area contributed by atoms with Crippen LogP contribution in [-0.2, 0) is 9.59 Å². The Labute approximate surface area is 246 Å². The molecule has 0 aliphatic rings. The zero-order chi connectivity index (χ0) is 28.6. The summed E-state index contributed by atoms with van der Waals surface area (Å²) >= 11 is 2.89. The molecule has 3 amide bonds. The van der Waals surface area contributed by atoms with Gasteiger partial charge in [-0.05, 0) is 77.9 Å². The number of benzene rings is 3. The summed E-state index contributed by atoms with van der Waals surface area (Å²) in [6.07, 6.45) is 4.14. The number of thiophene rings is 1. The minimum absolute atomic E-state index is 0.0948. The van der Waals surface area contributed by atoms with Crippen molar-refractivity contribution in [2.75, 3.05) is 10.6 Å². The largest absolute Gasteiger partial charge is 0.361 e. The monoisotopic (exact) mass is 580 g/mol. The van der Waals surface area contributed by atoms with Crippen LogP contribution in [0.15, 0.2) is 113 Å². The highest BCUT2D eigenvalue weighted by Crippen LogP contribution is 2.29. The van der Waals surface area contributed by atoms with Crippen LogP contribution >= 0.6 is 23.1 Å². The lowest BCUT2D eigenvalue weighted by molar-refractivity contribution is -0.116. The maximum atomic E-state index is 13.3. The third kappa shape index (κ3) is 7.33. The predicted octanol–water partition coefficient (Wildman–Crippen LogP) is 7.15. The van der Waals surface area contributed by atoms with Gasteiger partial charge in [-0.1, -0.05) is 43.3 Å². The number of rotatable bonds is 10. The number of fused-ring (bicyclic) bond motifs is 1. The van der Waals surface area contributed by atoms with Gasteiger partial charge in [0.05, 0.1) is 5.25 Å². The average Bonchev–Trinajstić information content (AvgIpc) is 3.68. The molecule has 1 atom stereocenters. The minimum atomic E-state index is -0.450. The van der Waals surface area contributed by atoms with E-state index in [4.69, 9.17) is 0 Å². The molecular formula is C32H28N4O3S2. The Morgan fingerprint density at radius 1 is 0.902 bits per heavy atom. The van der Waals surface area contributed by atoms with E-state index in [1.54, 1.807) is 36.4 Å². The first-order valence-corrected chi connectivity index (χ1v) is 14.8. The Morgan fingerprint density at radius 2 is 1.73 bits per heavy atom. The Hall–Kier alpha value is -4.60. The first-order chi connectivity index (χ1) is 20.0. The average molecular weight is 581 g/mol. The molecule has 4 N–H and O–H groups in total. The summed E-state index contributed by atoms with van der Waals surface area (Å²) in [6, 6.07) is 27.6. The number of amides is 3. The van der Waals surface area contributed by atoms with Crippen molar-refractivity contribution in [1.29, 1.82) is 0 Å². The molecule has 206 valence electrons. The fourth-order valence-electron chi connectivity index (χ4n) is 4.14. The second-order valence-electron chi connectivity index (χ2n) is 9.16. The van der Waals surface area contributed by atoms with Gasteiger partial charge in [-0.25, -0.2) is 0 Å². The maximum Gasteiger partial charge on any atom is 0.272 e. The third-order valence-electron chi connectivity index (χ3n) is 6.21. The SMILES string of the molecule is CCC(Sc1cccc(NC(=O)/C(=C/c2cccs2)NC(=O)c2ccccc2)c1)C(=O)Nc1ccc2cc[nH]c2c1. The highest BCUT2D eigenvalue weighted by Gasteiger charge is 2.20. The molecule has 0 fully saturated rings. The lowest BCUT2D eigenvalue weighted by Crippen LogP contribution is -2.30. The summed E-state index contributed by atoms with van der Waals surface area (Å²) in [5, 5.41) is 11.3. The molecule has 7 nitrogen and oxygen atoms in total. The summed E-state index contributed by atoms with van der Waals surface area (Å²) in [5.41, 5.74) is 2.82. The minimum Gasteiger partial charge on any atom is -0.361 e. The molecule has 1 unspecified atom stereocenters. The van der Waals surface area contributed by atoms with Crippen LogP contribution < -0.4 is 16.0 Å². The van der Waals surface area contributed by atoms with E-state index in [0.29, 0.717) is 17.7 Å². The Bertz CT molecular complexity index is 1690. The summed E-state index contributed by atoms with van der Waals surface area (Å²) in [4.78, 5) is 44.1. The Balaban J connectivity index is 1.27. The molecule has 0 bridgehead atoms. The summed E-state index contributed by atoms with van der Waals surface area (Å²) in [5.74, 6) is -0.919. The van der Waals surface area contributed by atoms with E-state index in [2.05, 4.69) is 20.9 Å². The predicted molar refractivity (Wildman–Crippen MR) is 168 cm³/mol. The van der Waals surface area contributed by atoms with Crippen molar-refractivity contribution in [3.63, 3.8) is 0 Å². The summed E-state index contributed by atoms with van der Waals surface area (Å²) in [7, 11) is 0. The molecule has 2 aromatic heterocycles. The van der Waals surface area contributed by atoms with E-state index < -0.39 is 5.91 Å². The van der Waals surface area contributed by atoms with Crippen LogP contribution in [0.1, 0.15) is 28.6 Å². The van der Waals surface area contributed by atoms with E-state index in [-0.39, 0.29) is 22.8 Å². The highest BCUT2D eigenvalue weighted by atomic mass is 32.2. The van der Waals surface area contributed by atoms with Crippen LogP contribution in [0.25, 0.3) is 17.0 Å². The van der Waals surface area contributed by atoms with Gasteiger partial charge < -0.3 is 20.9 Å². The number of thioether (sulfide) groups is 1. The van der Waals surface area contributed by atoms with Gasteiger partial charge in [-0.2, -0.15) is 0 Å². The van der Waals surface area contributed by atoms with E-state index in [1.165, 1.54) is 23.1 Å². The van der Waals surface area contributed by atoms with Crippen molar-refractivity contribution < 1.29 is 14.4 Å². The number of anilines is 2. The van der Waals surface area contributed by atoms with Crippen LogP contribution in [0.4, 0.5) is 11.4 Å². The molecular weight excluding hydrogens is 553 g/mol. The highest BCUT2D eigenvalue weighted by molar-refractivity contribution is 8.00. The molecule has 0 saturated carbocycles. The first kappa shape index (κ1) is 27.9. The number of aromatic amines is 1. The first-order valence-electron chi connectivity index (χ1n) is 13.1. The smallest absolute Gasteiger partial charge is 0.272 e. The molecule has 5 aromatic rings. The van der Waals surface area contributed by atoms with Crippen molar-refractivity contribution in [2.24, 2.45) is 0 Å². The number of hydrogen-bond donors (Lipinski definition) is 4. The van der Waals surface area contributed by atoms with Crippen molar-refractivity contribution in [3.05, 3.63) is 119 Å². The fourth-order valence-corrected chi connectivity index (χ4v) is 5.81. The number of carbonyl (C=O) groups is 3. The lowest BCUT2D eigenvalue weighted by Gasteiger charge is -2.16. The molecule has 0 radical (unpaired) electrons. The number of H-pyrrole nitrogens is 1. The molecule has 0 aliphatic heterocycles. The van der Waals surface area contributed by atoms with E-state index in [0.717, 1.165) is 26.4 Å². The van der Waals surface area contributed by atoms with Crippen LogP contribution in [0.5, 0.6) is 0 Å². The van der Waals surface area contributed by atoms with Crippen molar-refractivity contribution in [2.45, 2.75) is 23.5 Å². The standard InChI is InChI=1S/C32H28N4O3S2/c1-2-29(32(39)35-24-14-13-21-15-16-33-27(21)19-24)41-26-11-6-10-23(18-26)34-31(38)28(20-25-12-7-17-40-25)36-30(37)22-8-4-3-5-9-22/h3-20,29,33H,2H2,1H3,(H,34,38)(H,35,39)(H,36,37)/b28-20-. The topological polar surface area (TPSA) is 103 Å². The third-order valence-corrected chi connectivity index (χ3v) is 8.39. The van der Waals surface area contributed by atoms with Gasteiger partial charge in [-0.15, -0.1) is 23.1 Å². The summed E-state index contributed by atoms with van der Waals surface area (Å²) in [6.45, 7) is 1.97. The Kier molecular flexibility index (Phi) is 8.98. The molecule has 2 heterocycles. The Morgan fingerprint density at radius 3 is 2.51 bits per heavy atom. The van der Waals surface area contributed by atoms with Gasteiger partial charge >= 0.3 is 0 Å². The molecule has 0 aliphatic carbocycles. The molecule has 5 rings (SSSR count). The maximum absolute atomic E-state index is 13.3. The number of aromatic nitrogens is 1. The number of hydrogen-bond acceptors (Lipinski definition) is 5.